The van der Waals surface area contributed by atoms with Gasteiger partial charge in [-0.15, -0.1) is 0 Å². The molecule has 262 valence electrons. The fourth-order valence-electron chi connectivity index (χ4n) is 5.81. The normalized spacial score (nSPS) is 28.6. The Balaban J connectivity index is 2.31. The maximum Gasteiger partial charge on any atom is 0.328 e. The summed E-state index contributed by atoms with van der Waals surface area (Å²) < 4.78 is 19.5. The maximum absolute atomic E-state index is 12.9. The summed E-state index contributed by atoms with van der Waals surface area (Å²) in [6, 6.07) is 0. The van der Waals surface area contributed by atoms with Gasteiger partial charge in [-0.05, 0) is 57.4 Å². The van der Waals surface area contributed by atoms with Crippen LogP contribution in [0.2, 0.25) is 0 Å². The van der Waals surface area contributed by atoms with Gasteiger partial charge in [0.2, 0.25) is 0 Å². The molecule has 0 radical (unpaired) electrons. The van der Waals surface area contributed by atoms with Gasteiger partial charge in [-0.1, -0.05) is 69.2 Å². The topological polar surface area (TPSA) is 177 Å². The number of unbranched alkanes of at least 4 members (excludes halogenated alkanes) is 1. The molecule has 2 fully saturated rings. The van der Waals surface area contributed by atoms with Gasteiger partial charge in [0.15, 0.2) is 5.79 Å². The van der Waals surface area contributed by atoms with Gasteiger partial charge in [-0.25, -0.2) is 9.59 Å². The molecular formula is C36H52O11. The molecule has 1 spiro atoms. The van der Waals surface area contributed by atoms with Crippen molar-refractivity contribution in [1.82, 2.24) is 0 Å². The number of carbonyl (C=O) groups is 4. The first-order valence-corrected chi connectivity index (χ1v) is 16.4. The van der Waals surface area contributed by atoms with Crippen molar-refractivity contribution in [3.63, 3.8) is 0 Å². The van der Waals surface area contributed by atoms with Crippen molar-refractivity contribution in [1.29, 1.82) is 0 Å². The lowest BCUT2D eigenvalue weighted by Crippen LogP contribution is -2.59. The van der Waals surface area contributed by atoms with Gasteiger partial charge in [0.1, 0.15) is 11.7 Å². The highest BCUT2D eigenvalue weighted by atomic mass is 16.7. The lowest BCUT2D eigenvalue weighted by molar-refractivity contribution is -0.344. The zero-order chi connectivity index (χ0) is 35.2. The Morgan fingerprint density at radius 2 is 1.66 bits per heavy atom. The molecule has 11 nitrogen and oxygen atoms in total. The highest BCUT2D eigenvalue weighted by molar-refractivity contribution is 5.81. The Morgan fingerprint density at radius 1 is 0.936 bits per heavy atom. The van der Waals surface area contributed by atoms with Gasteiger partial charge in [0, 0.05) is 30.9 Å². The Kier molecular flexibility index (Phi) is 15.8. The van der Waals surface area contributed by atoms with Gasteiger partial charge in [-0.2, -0.15) is 0 Å². The van der Waals surface area contributed by atoms with Crippen molar-refractivity contribution < 1.29 is 53.8 Å². The van der Waals surface area contributed by atoms with E-state index < -0.39 is 47.5 Å². The largest absolute Gasteiger partial charge is 0.481 e. The van der Waals surface area contributed by atoms with Crippen LogP contribution in [0.25, 0.3) is 0 Å². The molecule has 2 aliphatic rings. The predicted molar refractivity (Wildman–Crippen MR) is 175 cm³/mol. The highest BCUT2D eigenvalue weighted by Crippen LogP contribution is 2.48. The summed E-state index contributed by atoms with van der Waals surface area (Å²) in [5.74, 6) is -4.98. The number of allylic oxidation sites excluding steroid dienone is 4. The molecule has 7 atom stereocenters. The zero-order valence-corrected chi connectivity index (χ0v) is 28.2. The fourth-order valence-corrected chi connectivity index (χ4v) is 5.81. The Labute approximate surface area is 277 Å². The van der Waals surface area contributed by atoms with E-state index in [0.717, 1.165) is 37.0 Å². The number of rotatable bonds is 17. The second kappa shape index (κ2) is 18.7. The van der Waals surface area contributed by atoms with Crippen LogP contribution in [0.5, 0.6) is 0 Å². The summed E-state index contributed by atoms with van der Waals surface area (Å²) >= 11 is 0. The summed E-state index contributed by atoms with van der Waals surface area (Å²) in [6.07, 6.45) is 14.9. The molecule has 2 rings (SSSR count). The van der Waals surface area contributed by atoms with Gasteiger partial charge in [0.25, 0.3) is 0 Å². The van der Waals surface area contributed by atoms with Crippen molar-refractivity contribution in [3.05, 3.63) is 59.8 Å². The number of hydrogen-bond donors (Lipinski definition) is 4. The van der Waals surface area contributed by atoms with E-state index in [1.807, 2.05) is 19.9 Å². The van der Waals surface area contributed by atoms with E-state index in [4.69, 9.17) is 24.4 Å². The fraction of sp³-hybridized carbons (Fsp3) is 0.611. The third-order valence-electron chi connectivity index (χ3n) is 8.78. The smallest absolute Gasteiger partial charge is 0.328 e. The number of aliphatic carboxylic acids is 3. The van der Waals surface area contributed by atoms with Crippen molar-refractivity contribution in [2.45, 2.75) is 129 Å². The van der Waals surface area contributed by atoms with Crippen molar-refractivity contribution in [3.8, 4) is 0 Å². The molecule has 2 heterocycles. The molecule has 2 saturated heterocycles. The number of carboxylic acids is 3. The number of esters is 1. The van der Waals surface area contributed by atoms with Crippen molar-refractivity contribution >= 4 is 23.9 Å². The molecule has 47 heavy (non-hydrogen) atoms. The van der Waals surface area contributed by atoms with Crippen LogP contribution in [0.15, 0.2) is 59.8 Å². The summed E-state index contributed by atoms with van der Waals surface area (Å²) in [7, 11) is 0. The van der Waals surface area contributed by atoms with Crippen LogP contribution in [0.4, 0.5) is 0 Å². The Hall–Kier alpha value is -3.54. The second-order valence-corrected chi connectivity index (χ2v) is 12.8. The molecule has 0 aromatic rings. The van der Waals surface area contributed by atoms with Crippen LogP contribution in [-0.4, -0.2) is 74.0 Å². The molecule has 0 saturated carbocycles. The quantitative estimate of drug-likeness (QED) is 0.0802. The van der Waals surface area contributed by atoms with Gasteiger partial charge in [-0.3, -0.25) is 9.59 Å². The molecule has 0 aliphatic carbocycles. The third kappa shape index (κ3) is 13.2. The van der Waals surface area contributed by atoms with Crippen molar-refractivity contribution in [2.24, 2.45) is 11.8 Å². The molecule has 0 bridgehead atoms. The zero-order valence-electron chi connectivity index (χ0n) is 28.2. The predicted octanol–water partition coefficient (Wildman–Crippen LogP) is 6.13. The first kappa shape index (κ1) is 39.6. The summed E-state index contributed by atoms with van der Waals surface area (Å²) in [5.41, 5.74) is 0.314. The second-order valence-electron chi connectivity index (χ2n) is 12.8. The summed E-state index contributed by atoms with van der Waals surface area (Å²) in [6.45, 7) is 9.44. The minimum absolute atomic E-state index is 0.186. The van der Waals surface area contributed by atoms with Gasteiger partial charge >= 0.3 is 23.9 Å². The molecule has 0 aromatic heterocycles. The average Bonchev–Trinajstić information content (AvgIpc) is 3.01. The molecule has 0 amide bonds. The minimum atomic E-state index is -1.09. The number of hydrogen-bond acceptors (Lipinski definition) is 8. The number of carbonyl (C=O) groups excluding carboxylic acids is 1. The van der Waals surface area contributed by atoms with Crippen LogP contribution in [-0.2, 0) is 33.4 Å². The Morgan fingerprint density at radius 3 is 2.30 bits per heavy atom. The molecule has 0 unspecified atom stereocenters. The van der Waals surface area contributed by atoms with Gasteiger partial charge < -0.3 is 34.6 Å². The monoisotopic (exact) mass is 660 g/mol. The standard InChI is InChI=1S/C36H52O11/c1-6-7-19-35(47-34(44)17-16-32(40)41)21-22-36(46-30(35)14-10-25(3)23-33(42)43)20-18-27(5)29(45-36)13-9-24(2)8-12-28(37)26(4)11-15-31(38)39/h8-12,14-15,23,26-30,37H,6-7,13,16-22H2,1-5H3,(H,38,39)(H,40,41)(H,42,43)/b12-8+,14-10+,15-11-,24-9+,25-23-/t26-,27+,28+,29+,30-,35+,36+/m1/s1. The molecule has 0 aromatic carbocycles. The summed E-state index contributed by atoms with van der Waals surface area (Å²) in [4.78, 5) is 46.0. The number of carboxylic acid groups (broad SMARTS) is 3. The van der Waals surface area contributed by atoms with Crippen LogP contribution >= 0.6 is 0 Å². The molecule has 11 heteroatoms. The van der Waals surface area contributed by atoms with Gasteiger partial charge in [0.05, 0.1) is 25.0 Å². The van der Waals surface area contributed by atoms with E-state index in [1.54, 1.807) is 38.2 Å². The lowest BCUT2D eigenvalue weighted by atomic mass is 9.78. The van der Waals surface area contributed by atoms with Crippen LogP contribution in [0, 0.1) is 11.8 Å². The van der Waals surface area contributed by atoms with Crippen LogP contribution in [0.3, 0.4) is 0 Å². The first-order valence-electron chi connectivity index (χ1n) is 16.4. The van der Waals surface area contributed by atoms with E-state index in [9.17, 15) is 29.4 Å². The molecule has 4 N–H and O–H groups in total. The van der Waals surface area contributed by atoms with E-state index in [2.05, 4.69) is 6.92 Å². The lowest BCUT2D eigenvalue weighted by Gasteiger charge is -2.53. The Bertz CT molecular complexity index is 1250. The minimum Gasteiger partial charge on any atom is -0.481 e. The summed E-state index contributed by atoms with van der Waals surface area (Å²) in [5, 5.41) is 37.5. The SMILES string of the molecule is CCCC[C@]1(OC(=O)CCC(=O)O)CC[C@]2(CC[C@H](C)[C@H](C/C=C(C)/C=C/[C@H](O)[C@H](C)/C=C\C(=O)O)O2)O[C@@H]1/C=C/C(C)=C\C(=O)O. The number of aliphatic hydroxyl groups is 1. The number of ether oxygens (including phenoxy) is 3. The van der Waals surface area contributed by atoms with Crippen LogP contribution in [0.1, 0.15) is 98.8 Å². The molecule has 2 aliphatic heterocycles. The van der Waals surface area contributed by atoms with Crippen molar-refractivity contribution in [2.75, 3.05) is 0 Å². The van der Waals surface area contributed by atoms with E-state index in [1.165, 1.54) is 6.08 Å². The first-order chi connectivity index (χ1) is 22.1. The van der Waals surface area contributed by atoms with E-state index >= 15 is 0 Å². The molecular weight excluding hydrogens is 608 g/mol. The third-order valence-corrected chi connectivity index (χ3v) is 8.78. The average molecular weight is 661 g/mol. The van der Waals surface area contributed by atoms with E-state index in [-0.39, 0.29) is 30.8 Å². The number of aliphatic hydroxyl groups excluding tert-OH is 1. The van der Waals surface area contributed by atoms with Crippen LogP contribution < -0.4 is 0 Å². The van der Waals surface area contributed by atoms with E-state index in [0.29, 0.717) is 37.7 Å². The maximum atomic E-state index is 12.9. The highest BCUT2D eigenvalue weighted by Gasteiger charge is 2.54.